The Hall–Kier alpha value is -1.75. The third-order valence-corrected chi connectivity index (χ3v) is 3.84. The summed E-state index contributed by atoms with van der Waals surface area (Å²) in [5.74, 6) is -0.388. The average Bonchev–Trinajstić information content (AvgIpc) is 2.46. The van der Waals surface area contributed by atoms with Crippen molar-refractivity contribution >= 4 is 23.6 Å². The van der Waals surface area contributed by atoms with Crippen molar-refractivity contribution in [2.45, 2.75) is 26.2 Å². The summed E-state index contributed by atoms with van der Waals surface area (Å²) in [5.41, 5.74) is 1.12. The monoisotopic (exact) mass is 326 g/mol. The highest BCUT2D eigenvalue weighted by Crippen LogP contribution is 2.25. The van der Waals surface area contributed by atoms with Gasteiger partial charge in [-0.2, -0.15) is 0 Å². The smallest absolute Gasteiger partial charge is 0.317 e. The van der Waals surface area contributed by atoms with Crippen LogP contribution in [-0.2, 0) is 4.79 Å². The number of rotatable bonds is 7. The van der Waals surface area contributed by atoms with Crippen LogP contribution in [-0.4, -0.2) is 42.1 Å². The molecule has 6 heteroatoms. The molecule has 22 heavy (non-hydrogen) atoms. The highest BCUT2D eigenvalue weighted by atomic mass is 35.5. The van der Waals surface area contributed by atoms with Gasteiger partial charge in [-0.15, -0.1) is 0 Å². The van der Waals surface area contributed by atoms with Crippen molar-refractivity contribution in [3.8, 4) is 0 Å². The summed E-state index contributed by atoms with van der Waals surface area (Å²) in [5, 5.41) is 12.2. The van der Waals surface area contributed by atoms with E-state index >= 15 is 0 Å². The van der Waals surface area contributed by atoms with E-state index in [9.17, 15) is 9.59 Å². The van der Waals surface area contributed by atoms with Gasteiger partial charge < -0.3 is 15.3 Å². The summed E-state index contributed by atoms with van der Waals surface area (Å²) < 4.78 is 0. The summed E-state index contributed by atoms with van der Waals surface area (Å²) in [6.45, 7) is 4.88. The lowest BCUT2D eigenvalue weighted by molar-refractivity contribution is -0.137. The SMILES string of the molecule is CC(C)C(CNC(=O)N(C)CCC(=O)O)c1ccc(Cl)cc1. The summed E-state index contributed by atoms with van der Waals surface area (Å²) in [6, 6.07) is 7.35. The molecule has 0 aliphatic heterocycles. The number of hydrogen-bond acceptors (Lipinski definition) is 2. The van der Waals surface area contributed by atoms with Crippen molar-refractivity contribution < 1.29 is 14.7 Å². The molecule has 0 aliphatic rings. The number of aliphatic carboxylic acids is 1. The zero-order valence-corrected chi connectivity index (χ0v) is 13.9. The average molecular weight is 327 g/mol. The van der Waals surface area contributed by atoms with Crippen LogP contribution in [0.15, 0.2) is 24.3 Å². The highest BCUT2D eigenvalue weighted by molar-refractivity contribution is 6.30. The number of hydrogen-bond donors (Lipinski definition) is 2. The van der Waals surface area contributed by atoms with Crippen LogP contribution in [0.4, 0.5) is 4.79 Å². The van der Waals surface area contributed by atoms with Crippen LogP contribution < -0.4 is 5.32 Å². The second-order valence-corrected chi connectivity index (χ2v) is 6.09. The molecule has 5 nitrogen and oxygen atoms in total. The van der Waals surface area contributed by atoms with Crippen molar-refractivity contribution in [2.24, 2.45) is 5.92 Å². The maximum Gasteiger partial charge on any atom is 0.317 e. The normalized spacial score (nSPS) is 12.0. The zero-order chi connectivity index (χ0) is 16.7. The van der Waals surface area contributed by atoms with Crippen molar-refractivity contribution in [1.29, 1.82) is 0 Å². The van der Waals surface area contributed by atoms with Crippen LogP contribution in [0.2, 0.25) is 5.02 Å². The minimum atomic E-state index is -0.916. The van der Waals surface area contributed by atoms with E-state index in [1.165, 1.54) is 4.90 Å². The molecule has 122 valence electrons. The Labute approximate surface area is 136 Å². The molecule has 1 unspecified atom stereocenters. The Kier molecular flexibility index (Phi) is 7.18. The van der Waals surface area contributed by atoms with Gasteiger partial charge in [-0.1, -0.05) is 37.6 Å². The molecule has 0 bridgehead atoms. The Balaban J connectivity index is 2.59. The van der Waals surface area contributed by atoms with Crippen molar-refractivity contribution in [3.05, 3.63) is 34.9 Å². The van der Waals surface area contributed by atoms with Gasteiger partial charge in [0.05, 0.1) is 6.42 Å². The van der Waals surface area contributed by atoms with Crippen LogP contribution >= 0.6 is 11.6 Å². The third kappa shape index (κ3) is 5.93. The molecule has 0 aliphatic carbocycles. The maximum absolute atomic E-state index is 12.0. The van der Waals surface area contributed by atoms with E-state index in [4.69, 9.17) is 16.7 Å². The Morgan fingerprint density at radius 1 is 1.27 bits per heavy atom. The molecule has 1 aromatic rings. The summed E-state index contributed by atoms with van der Waals surface area (Å²) in [7, 11) is 1.59. The Morgan fingerprint density at radius 2 is 1.86 bits per heavy atom. The number of benzene rings is 1. The number of carboxylic acid groups (broad SMARTS) is 1. The number of nitrogens with one attached hydrogen (secondary N) is 1. The molecule has 2 N–H and O–H groups in total. The molecule has 0 aromatic heterocycles. The maximum atomic E-state index is 12.0. The summed E-state index contributed by atoms with van der Waals surface area (Å²) in [6.07, 6.45) is -0.0608. The fraction of sp³-hybridized carbons (Fsp3) is 0.500. The largest absolute Gasteiger partial charge is 0.481 e. The van der Waals surface area contributed by atoms with Gasteiger partial charge in [0.1, 0.15) is 0 Å². The van der Waals surface area contributed by atoms with Gasteiger partial charge in [0.25, 0.3) is 0 Å². The predicted molar refractivity (Wildman–Crippen MR) is 87.3 cm³/mol. The topological polar surface area (TPSA) is 69.6 Å². The number of urea groups is 1. The molecular weight excluding hydrogens is 304 g/mol. The Morgan fingerprint density at radius 3 is 2.36 bits per heavy atom. The minimum absolute atomic E-state index is 0.0608. The molecule has 0 spiro atoms. The van der Waals surface area contributed by atoms with E-state index in [1.807, 2.05) is 24.3 Å². The molecule has 2 amide bonds. The van der Waals surface area contributed by atoms with E-state index < -0.39 is 5.97 Å². The fourth-order valence-corrected chi connectivity index (χ4v) is 2.27. The first-order valence-corrected chi connectivity index (χ1v) is 7.65. The van der Waals surface area contributed by atoms with Gasteiger partial charge in [-0.3, -0.25) is 4.79 Å². The van der Waals surface area contributed by atoms with E-state index in [1.54, 1.807) is 7.05 Å². The highest BCUT2D eigenvalue weighted by Gasteiger charge is 2.18. The number of halogens is 1. The van der Waals surface area contributed by atoms with E-state index in [-0.39, 0.29) is 24.9 Å². The number of carboxylic acids is 1. The van der Waals surface area contributed by atoms with Gasteiger partial charge in [0, 0.05) is 31.1 Å². The lowest BCUT2D eigenvalue weighted by Gasteiger charge is -2.24. The predicted octanol–water partition coefficient (Wildman–Crippen LogP) is 3.20. The molecule has 0 radical (unpaired) electrons. The Bertz CT molecular complexity index is 503. The first kappa shape index (κ1) is 18.3. The minimum Gasteiger partial charge on any atom is -0.481 e. The van der Waals surface area contributed by atoms with Crippen LogP contribution in [0, 0.1) is 5.92 Å². The molecule has 1 rings (SSSR count). The quantitative estimate of drug-likeness (QED) is 0.808. The molecule has 0 heterocycles. The molecule has 0 saturated carbocycles. The fourth-order valence-electron chi connectivity index (χ4n) is 2.15. The number of nitrogens with zero attached hydrogens (tertiary/aromatic N) is 1. The van der Waals surface area contributed by atoms with Crippen molar-refractivity contribution in [1.82, 2.24) is 10.2 Å². The van der Waals surface area contributed by atoms with Gasteiger partial charge in [0.15, 0.2) is 0 Å². The third-order valence-electron chi connectivity index (χ3n) is 3.58. The lowest BCUT2D eigenvalue weighted by atomic mass is 9.88. The summed E-state index contributed by atoms with van der Waals surface area (Å²) >= 11 is 5.90. The lowest BCUT2D eigenvalue weighted by Crippen LogP contribution is -2.40. The first-order valence-electron chi connectivity index (χ1n) is 7.27. The summed E-state index contributed by atoms with van der Waals surface area (Å²) in [4.78, 5) is 23.9. The van der Waals surface area contributed by atoms with Gasteiger partial charge in [-0.05, 0) is 23.6 Å². The number of carbonyl (C=O) groups is 2. The van der Waals surface area contributed by atoms with Gasteiger partial charge in [-0.25, -0.2) is 4.79 Å². The van der Waals surface area contributed by atoms with Crippen LogP contribution in [0.3, 0.4) is 0 Å². The molecule has 1 atom stereocenters. The van der Waals surface area contributed by atoms with Gasteiger partial charge >= 0.3 is 12.0 Å². The molecular formula is C16H23ClN2O3. The van der Waals surface area contributed by atoms with E-state index in [0.29, 0.717) is 17.5 Å². The standard InChI is InChI=1S/C16H23ClN2O3/c1-11(2)14(12-4-6-13(17)7-5-12)10-18-16(22)19(3)9-8-15(20)21/h4-7,11,14H,8-10H2,1-3H3,(H,18,22)(H,20,21). The van der Waals surface area contributed by atoms with E-state index in [0.717, 1.165) is 5.56 Å². The van der Waals surface area contributed by atoms with E-state index in [2.05, 4.69) is 19.2 Å². The molecule has 0 fully saturated rings. The molecule has 1 aromatic carbocycles. The zero-order valence-electron chi connectivity index (χ0n) is 13.2. The van der Waals surface area contributed by atoms with Crippen molar-refractivity contribution in [3.63, 3.8) is 0 Å². The second kappa shape index (κ2) is 8.63. The van der Waals surface area contributed by atoms with Gasteiger partial charge in [0.2, 0.25) is 0 Å². The second-order valence-electron chi connectivity index (χ2n) is 5.65. The molecule has 0 saturated heterocycles. The number of amides is 2. The first-order chi connectivity index (χ1) is 10.3. The van der Waals surface area contributed by atoms with Crippen LogP contribution in [0.1, 0.15) is 31.7 Å². The van der Waals surface area contributed by atoms with Crippen LogP contribution in [0.5, 0.6) is 0 Å². The number of carbonyl (C=O) groups excluding carboxylic acids is 1. The van der Waals surface area contributed by atoms with Crippen molar-refractivity contribution in [2.75, 3.05) is 20.1 Å². The van der Waals surface area contributed by atoms with Crippen LogP contribution in [0.25, 0.3) is 0 Å².